The van der Waals surface area contributed by atoms with E-state index in [1.165, 1.54) is 0 Å². The summed E-state index contributed by atoms with van der Waals surface area (Å²) in [7, 11) is 1.90. The van der Waals surface area contributed by atoms with E-state index in [1.807, 2.05) is 7.05 Å². The van der Waals surface area contributed by atoms with Crippen molar-refractivity contribution in [2.45, 2.75) is 19.0 Å². The number of nitrogens with one attached hydrogen (secondary N) is 1. The van der Waals surface area contributed by atoms with E-state index in [9.17, 15) is 4.39 Å². The van der Waals surface area contributed by atoms with Crippen molar-refractivity contribution in [3.8, 4) is 0 Å². The first-order chi connectivity index (χ1) is 5.83. The van der Waals surface area contributed by atoms with Crippen molar-refractivity contribution in [2.75, 3.05) is 20.1 Å². The largest absolute Gasteiger partial charge is 0.318 e. The van der Waals surface area contributed by atoms with Gasteiger partial charge >= 0.3 is 0 Å². The summed E-state index contributed by atoms with van der Waals surface area (Å²) in [5, 5.41) is 3.01. The lowest BCUT2D eigenvalue weighted by Crippen LogP contribution is -2.13. The van der Waals surface area contributed by atoms with E-state index in [2.05, 4.69) is 10.3 Å². The Kier molecular flexibility index (Phi) is 3.94. The first-order valence-corrected chi connectivity index (χ1v) is 4.33. The van der Waals surface area contributed by atoms with Crippen molar-refractivity contribution < 1.29 is 4.39 Å². The van der Waals surface area contributed by atoms with Crippen LogP contribution in [-0.2, 0) is 0 Å². The monoisotopic (exact) mass is 170 g/mol. The predicted molar refractivity (Wildman–Crippen MR) is 49.5 cm³/mol. The zero-order chi connectivity index (χ0) is 8.81. The lowest BCUT2D eigenvalue weighted by molar-refractivity contribution is 0.380. The molecule has 1 aliphatic carbocycles. The molecular formula is C9H15FN2. The number of allylic oxidation sites excluding steroid dienone is 2. The van der Waals surface area contributed by atoms with E-state index in [4.69, 9.17) is 0 Å². The van der Waals surface area contributed by atoms with Gasteiger partial charge in [0.25, 0.3) is 0 Å². The average Bonchev–Trinajstić information content (AvgIpc) is 2.09. The standard InChI is InChI=1S/C9H15FN2/c1-11-6-7-12-9-4-2-8(10)3-5-9/h2,4,8,11H,3,5-7H2,1H3. The highest BCUT2D eigenvalue weighted by atomic mass is 19.1. The average molecular weight is 170 g/mol. The fourth-order valence-electron chi connectivity index (χ4n) is 1.12. The van der Waals surface area contributed by atoms with Gasteiger partial charge in [-0.1, -0.05) is 0 Å². The number of aliphatic imine (C=N–C) groups is 1. The second-order valence-corrected chi connectivity index (χ2v) is 2.89. The number of rotatable bonds is 3. The van der Waals surface area contributed by atoms with E-state index in [0.29, 0.717) is 6.42 Å². The molecule has 0 radical (unpaired) electrons. The second kappa shape index (κ2) is 5.04. The Hall–Kier alpha value is -0.700. The van der Waals surface area contributed by atoms with Gasteiger partial charge in [0.15, 0.2) is 0 Å². The third-order valence-electron chi connectivity index (χ3n) is 1.85. The van der Waals surface area contributed by atoms with Crippen LogP contribution in [0.1, 0.15) is 12.8 Å². The molecule has 68 valence electrons. The minimum absolute atomic E-state index is 0.592. The van der Waals surface area contributed by atoms with Gasteiger partial charge in [-0.2, -0.15) is 0 Å². The Morgan fingerprint density at radius 1 is 1.75 bits per heavy atom. The minimum Gasteiger partial charge on any atom is -0.318 e. The van der Waals surface area contributed by atoms with Gasteiger partial charge in [-0.15, -0.1) is 0 Å². The predicted octanol–water partition coefficient (Wildman–Crippen LogP) is 1.33. The highest BCUT2D eigenvalue weighted by molar-refractivity contribution is 5.95. The third kappa shape index (κ3) is 3.13. The Morgan fingerprint density at radius 2 is 2.58 bits per heavy atom. The van der Waals surface area contributed by atoms with Crippen molar-refractivity contribution in [2.24, 2.45) is 4.99 Å². The second-order valence-electron chi connectivity index (χ2n) is 2.89. The Morgan fingerprint density at radius 3 is 3.17 bits per heavy atom. The van der Waals surface area contributed by atoms with Gasteiger partial charge in [0.2, 0.25) is 0 Å². The summed E-state index contributed by atoms with van der Waals surface area (Å²) in [6.45, 7) is 1.67. The molecule has 0 saturated heterocycles. The number of nitrogens with zero attached hydrogens (tertiary/aromatic N) is 1. The molecule has 12 heavy (non-hydrogen) atoms. The summed E-state index contributed by atoms with van der Waals surface area (Å²) in [6, 6.07) is 0. The van der Waals surface area contributed by atoms with E-state index in [0.717, 1.165) is 25.2 Å². The molecule has 1 unspecified atom stereocenters. The van der Waals surface area contributed by atoms with Gasteiger partial charge in [0.1, 0.15) is 6.17 Å². The molecule has 0 amide bonds. The Bertz CT molecular complexity index is 187. The van der Waals surface area contributed by atoms with Crippen molar-refractivity contribution in [3.63, 3.8) is 0 Å². The van der Waals surface area contributed by atoms with E-state index >= 15 is 0 Å². The molecule has 1 aliphatic rings. The molecule has 0 aromatic carbocycles. The Balaban J connectivity index is 2.33. The number of hydrogen-bond donors (Lipinski definition) is 1. The SMILES string of the molecule is CNCCN=C1C=CC(F)CC1. The summed E-state index contributed by atoms with van der Waals surface area (Å²) in [5.74, 6) is 0. The maximum Gasteiger partial charge on any atom is 0.119 e. The first-order valence-electron chi connectivity index (χ1n) is 4.33. The zero-order valence-corrected chi connectivity index (χ0v) is 7.39. The molecule has 0 aromatic rings. The fraction of sp³-hybridized carbons (Fsp3) is 0.667. The molecule has 0 heterocycles. The highest BCUT2D eigenvalue weighted by Crippen LogP contribution is 2.11. The summed E-state index contributed by atoms with van der Waals surface area (Å²) >= 11 is 0. The first kappa shape index (κ1) is 9.39. The molecule has 1 atom stereocenters. The van der Waals surface area contributed by atoms with Crippen LogP contribution < -0.4 is 5.32 Å². The van der Waals surface area contributed by atoms with Crippen LogP contribution in [0.15, 0.2) is 17.1 Å². The molecule has 1 N–H and O–H groups in total. The van der Waals surface area contributed by atoms with Crippen LogP contribution in [-0.4, -0.2) is 32.0 Å². The van der Waals surface area contributed by atoms with Crippen LogP contribution in [0.5, 0.6) is 0 Å². The van der Waals surface area contributed by atoms with Crippen LogP contribution in [0.25, 0.3) is 0 Å². The molecule has 1 rings (SSSR count). The maximum atomic E-state index is 12.6. The van der Waals surface area contributed by atoms with E-state index in [1.54, 1.807) is 12.2 Å². The normalized spacial score (nSPS) is 26.5. The molecule has 0 saturated carbocycles. The van der Waals surface area contributed by atoms with Gasteiger partial charge in [0, 0.05) is 12.3 Å². The lowest BCUT2D eigenvalue weighted by atomic mass is 10.0. The van der Waals surface area contributed by atoms with E-state index in [-0.39, 0.29) is 0 Å². The highest BCUT2D eigenvalue weighted by Gasteiger charge is 2.08. The van der Waals surface area contributed by atoms with Crippen LogP contribution >= 0.6 is 0 Å². The molecule has 0 aromatic heterocycles. The summed E-state index contributed by atoms with van der Waals surface area (Å²) in [6.07, 6.45) is 4.00. The summed E-state index contributed by atoms with van der Waals surface area (Å²) in [4.78, 5) is 4.31. The van der Waals surface area contributed by atoms with Crippen LogP contribution in [0.3, 0.4) is 0 Å². The third-order valence-corrected chi connectivity index (χ3v) is 1.85. The van der Waals surface area contributed by atoms with Crippen molar-refractivity contribution >= 4 is 5.71 Å². The number of likely N-dealkylation sites (N-methyl/N-ethyl adjacent to an activating group) is 1. The quantitative estimate of drug-likeness (QED) is 0.635. The van der Waals surface area contributed by atoms with Crippen LogP contribution in [0.4, 0.5) is 4.39 Å². The molecule has 3 heteroatoms. The number of alkyl halides is 1. The molecule has 0 spiro atoms. The molecule has 0 fully saturated rings. The lowest BCUT2D eigenvalue weighted by Gasteiger charge is -2.09. The van der Waals surface area contributed by atoms with Crippen molar-refractivity contribution in [1.82, 2.24) is 5.32 Å². The Labute approximate surface area is 72.6 Å². The minimum atomic E-state index is -0.756. The van der Waals surface area contributed by atoms with Crippen LogP contribution in [0, 0.1) is 0 Å². The van der Waals surface area contributed by atoms with E-state index < -0.39 is 6.17 Å². The summed E-state index contributed by atoms with van der Waals surface area (Å²) < 4.78 is 12.6. The smallest absolute Gasteiger partial charge is 0.119 e. The fourth-order valence-corrected chi connectivity index (χ4v) is 1.12. The van der Waals surface area contributed by atoms with Crippen molar-refractivity contribution in [3.05, 3.63) is 12.2 Å². The molecule has 0 bridgehead atoms. The van der Waals surface area contributed by atoms with Gasteiger partial charge in [-0.25, -0.2) is 4.39 Å². The number of hydrogen-bond acceptors (Lipinski definition) is 2. The van der Waals surface area contributed by atoms with Gasteiger partial charge in [0.05, 0.1) is 6.54 Å². The van der Waals surface area contributed by atoms with Gasteiger partial charge in [-0.05, 0) is 32.0 Å². The van der Waals surface area contributed by atoms with Crippen molar-refractivity contribution in [1.29, 1.82) is 0 Å². The topological polar surface area (TPSA) is 24.4 Å². The number of halogens is 1. The molecule has 2 nitrogen and oxygen atoms in total. The zero-order valence-electron chi connectivity index (χ0n) is 7.39. The summed E-state index contributed by atoms with van der Waals surface area (Å²) in [5.41, 5.74) is 1.03. The van der Waals surface area contributed by atoms with Gasteiger partial charge < -0.3 is 5.32 Å². The maximum absolute atomic E-state index is 12.6. The van der Waals surface area contributed by atoms with Gasteiger partial charge in [-0.3, -0.25) is 4.99 Å². The molecular weight excluding hydrogens is 155 g/mol. The molecule has 0 aliphatic heterocycles. The van der Waals surface area contributed by atoms with Crippen LogP contribution in [0.2, 0.25) is 0 Å².